The van der Waals surface area contributed by atoms with E-state index in [1.807, 2.05) is 36.4 Å². The van der Waals surface area contributed by atoms with Crippen LogP contribution in [0.15, 0.2) is 54.6 Å². The quantitative estimate of drug-likeness (QED) is 0.715. The Bertz CT molecular complexity index is 793. The van der Waals surface area contributed by atoms with Gasteiger partial charge in [-0.1, -0.05) is 42.5 Å². The van der Waals surface area contributed by atoms with Crippen LogP contribution in [0.3, 0.4) is 0 Å². The van der Waals surface area contributed by atoms with E-state index < -0.39 is 0 Å². The fourth-order valence-corrected chi connectivity index (χ4v) is 2.54. The fraction of sp³-hybridized carbons (Fsp3) is 0.118. The molecule has 3 rings (SSSR count). The molecule has 0 saturated carbocycles. The number of benzene rings is 2. The molecule has 1 heterocycles. The molecule has 0 aliphatic heterocycles. The maximum absolute atomic E-state index is 5.46. The van der Waals surface area contributed by atoms with Crippen LogP contribution >= 0.6 is 12.2 Å². The van der Waals surface area contributed by atoms with E-state index in [2.05, 4.69) is 23.2 Å². The smallest absolute Gasteiger partial charge is 0.120 e. The van der Waals surface area contributed by atoms with E-state index in [1.54, 1.807) is 7.11 Å². The first kappa shape index (κ1) is 12.9. The lowest BCUT2D eigenvalue weighted by atomic mass is 10.0. The largest absolute Gasteiger partial charge is 0.497 e. The number of hydrogen-bond acceptors (Lipinski definition) is 2. The Morgan fingerprint density at radius 3 is 2.60 bits per heavy atom. The minimum absolute atomic E-state index is 0.787. The summed E-state index contributed by atoms with van der Waals surface area (Å²) in [5, 5.41) is 1.14. The summed E-state index contributed by atoms with van der Waals surface area (Å²) in [6.07, 6.45) is 0.845. The van der Waals surface area contributed by atoms with Crippen molar-refractivity contribution in [2.45, 2.75) is 6.42 Å². The number of pyridine rings is 1. The molecule has 0 radical (unpaired) electrons. The Morgan fingerprint density at radius 1 is 1.05 bits per heavy atom. The van der Waals surface area contributed by atoms with Gasteiger partial charge < -0.3 is 9.72 Å². The van der Waals surface area contributed by atoms with Crippen molar-refractivity contribution in [1.82, 2.24) is 4.98 Å². The summed E-state index contributed by atoms with van der Waals surface area (Å²) in [7, 11) is 1.67. The lowest BCUT2D eigenvalue weighted by Gasteiger charge is -2.07. The molecule has 2 aromatic carbocycles. The number of H-pyrrole nitrogens is 1. The summed E-state index contributed by atoms with van der Waals surface area (Å²) in [6, 6.07) is 18.5. The predicted octanol–water partition coefficient (Wildman–Crippen LogP) is 4.50. The molecule has 0 bridgehead atoms. The zero-order valence-corrected chi connectivity index (χ0v) is 12.0. The number of ether oxygens (including phenoxy) is 1. The first-order valence-corrected chi connectivity index (χ1v) is 6.91. The maximum atomic E-state index is 5.46. The van der Waals surface area contributed by atoms with Crippen molar-refractivity contribution >= 4 is 23.1 Å². The number of aromatic nitrogens is 1. The standard InChI is InChI=1S/C17H15NOS/c1-19-15-8-7-13-10-14(17(20)18-16(13)11-15)9-12-5-3-2-4-6-12/h2-8,10-11H,9H2,1H3,(H,18,20). The average Bonchev–Trinajstić information content (AvgIpc) is 2.48. The van der Waals surface area contributed by atoms with Crippen molar-refractivity contribution in [3.05, 3.63) is 70.4 Å². The summed E-state index contributed by atoms with van der Waals surface area (Å²) >= 11 is 5.46. The summed E-state index contributed by atoms with van der Waals surface area (Å²) < 4.78 is 6.02. The van der Waals surface area contributed by atoms with Gasteiger partial charge in [-0.3, -0.25) is 0 Å². The molecule has 1 N–H and O–H groups in total. The molecule has 2 nitrogen and oxygen atoms in total. The van der Waals surface area contributed by atoms with Gasteiger partial charge in [0.05, 0.1) is 12.6 Å². The zero-order valence-electron chi connectivity index (χ0n) is 11.2. The van der Waals surface area contributed by atoms with Gasteiger partial charge in [-0.2, -0.15) is 0 Å². The van der Waals surface area contributed by atoms with Gasteiger partial charge in [0.15, 0.2) is 0 Å². The summed E-state index contributed by atoms with van der Waals surface area (Å²) in [5.41, 5.74) is 3.41. The number of nitrogens with one attached hydrogen (secondary N) is 1. The Labute approximate surface area is 123 Å². The number of methoxy groups -OCH3 is 1. The highest BCUT2D eigenvalue weighted by molar-refractivity contribution is 7.71. The highest BCUT2D eigenvalue weighted by atomic mass is 32.1. The molecule has 3 aromatic rings. The van der Waals surface area contributed by atoms with E-state index in [-0.39, 0.29) is 0 Å². The molecule has 100 valence electrons. The van der Waals surface area contributed by atoms with Crippen molar-refractivity contribution in [1.29, 1.82) is 0 Å². The van der Waals surface area contributed by atoms with Crippen molar-refractivity contribution in [2.24, 2.45) is 0 Å². The van der Waals surface area contributed by atoms with Crippen LogP contribution in [0.2, 0.25) is 0 Å². The fourth-order valence-electron chi connectivity index (χ4n) is 2.30. The van der Waals surface area contributed by atoms with Crippen molar-refractivity contribution in [3.8, 4) is 5.75 Å². The van der Waals surface area contributed by atoms with Gasteiger partial charge in [-0.05, 0) is 34.7 Å². The van der Waals surface area contributed by atoms with Crippen molar-refractivity contribution in [3.63, 3.8) is 0 Å². The summed E-state index contributed by atoms with van der Waals surface area (Å²) in [5.74, 6) is 0.832. The summed E-state index contributed by atoms with van der Waals surface area (Å²) in [4.78, 5) is 3.29. The predicted molar refractivity (Wildman–Crippen MR) is 84.9 cm³/mol. The third-order valence-corrected chi connectivity index (χ3v) is 3.73. The number of fused-ring (bicyclic) bond motifs is 1. The SMILES string of the molecule is COc1ccc2cc(Cc3ccccc3)c(=S)[nH]c2c1. The molecule has 0 aliphatic carbocycles. The number of hydrogen-bond donors (Lipinski definition) is 1. The second-order valence-corrected chi connectivity index (χ2v) is 5.15. The second-order valence-electron chi connectivity index (χ2n) is 4.74. The van der Waals surface area contributed by atoms with Gasteiger partial charge >= 0.3 is 0 Å². The normalized spacial score (nSPS) is 10.7. The van der Waals surface area contributed by atoms with Crippen molar-refractivity contribution in [2.75, 3.05) is 7.11 Å². The monoisotopic (exact) mass is 281 g/mol. The molecule has 1 aromatic heterocycles. The number of aromatic amines is 1. The topological polar surface area (TPSA) is 25.0 Å². The highest BCUT2D eigenvalue weighted by Gasteiger charge is 2.03. The third kappa shape index (κ3) is 2.58. The molecule has 0 fully saturated rings. The Hall–Kier alpha value is -2.13. The van der Waals surface area contributed by atoms with Crippen LogP contribution in [-0.2, 0) is 6.42 Å². The van der Waals surface area contributed by atoms with E-state index in [0.29, 0.717) is 0 Å². The van der Waals surface area contributed by atoms with Crippen LogP contribution in [0, 0.1) is 4.64 Å². The molecule has 0 amide bonds. The van der Waals surface area contributed by atoms with E-state index in [9.17, 15) is 0 Å². The van der Waals surface area contributed by atoms with Crippen LogP contribution < -0.4 is 4.74 Å². The minimum Gasteiger partial charge on any atom is -0.497 e. The van der Waals surface area contributed by atoms with Gasteiger partial charge in [0, 0.05) is 12.5 Å². The minimum atomic E-state index is 0.787. The molecule has 0 saturated heterocycles. The van der Waals surface area contributed by atoms with E-state index in [1.165, 1.54) is 5.56 Å². The van der Waals surface area contributed by atoms with Gasteiger partial charge in [-0.15, -0.1) is 0 Å². The molecule has 3 heteroatoms. The van der Waals surface area contributed by atoms with Crippen LogP contribution in [-0.4, -0.2) is 12.1 Å². The molecule has 0 atom stereocenters. The average molecular weight is 281 g/mol. The van der Waals surface area contributed by atoms with E-state index in [4.69, 9.17) is 17.0 Å². The molecular weight excluding hydrogens is 266 g/mol. The number of rotatable bonds is 3. The van der Waals surface area contributed by atoms with Crippen LogP contribution in [0.4, 0.5) is 0 Å². The second kappa shape index (κ2) is 5.47. The Kier molecular flexibility index (Phi) is 3.52. The van der Waals surface area contributed by atoms with Crippen molar-refractivity contribution < 1.29 is 4.74 Å². The third-order valence-electron chi connectivity index (χ3n) is 3.37. The zero-order chi connectivity index (χ0) is 13.9. The van der Waals surface area contributed by atoms with E-state index >= 15 is 0 Å². The van der Waals surface area contributed by atoms with Gasteiger partial charge in [0.2, 0.25) is 0 Å². The van der Waals surface area contributed by atoms with Gasteiger partial charge in [0.1, 0.15) is 10.4 Å². The van der Waals surface area contributed by atoms with Crippen LogP contribution in [0.1, 0.15) is 11.1 Å². The van der Waals surface area contributed by atoms with Crippen LogP contribution in [0.25, 0.3) is 10.9 Å². The lowest BCUT2D eigenvalue weighted by Crippen LogP contribution is -1.93. The first-order valence-electron chi connectivity index (χ1n) is 6.50. The molecule has 0 aliphatic rings. The molecule has 20 heavy (non-hydrogen) atoms. The first-order chi connectivity index (χ1) is 9.76. The maximum Gasteiger partial charge on any atom is 0.120 e. The summed E-state index contributed by atoms with van der Waals surface area (Å²) in [6.45, 7) is 0. The Balaban J connectivity index is 2.04. The molecular formula is C17H15NOS. The van der Waals surface area contributed by atoms with Crippen LogP contribution in [0.5, 0.6) is 5.75 Å². The molecule has 0 spiro atoms. The Morgan fingerprint density at radius 2 is 1.85 bits per heavy atom. The van der Waals surface area contributed by atoms with Gasteiger partial charge in [-0.25, -0.2) is 0 Å². The lowest BCUT2D eigenvalue weighted by molar-refractivity contribution is 0.415. The highest BCUT2D eigenvalue weighted by Crippen LogP contribution is 2.21. The van der Waals surface area contributed by atoms with Gasteiger partial charge in [0.25, 0.3) is 0 Å². The van der Waals surface area contributed by atoms with E-state index in [0.717, 1.165) is 33.3 Å². The molecule has 0 unspecified atom stereocenters.